The van der Waals surface area contributed by atoms with Crippen LogP contribution in [-0.2, 0) is 4.74 Å². The topological polar surface area (TPSA) is 25.4 Å². The number of benzene rings is 1. The minimum atomic E-state index is 0.113. The van der Waals surface area contributed by atoms with E-state index in [2.05, 4.69) is 59.1 Å². The molecule has 0 N–H and O–H groups in total. The normalized spacial score (nSPS) is 20.2. The zero-order valence-corrected chi connectivity index (χ0v) is 14.0. The van der Waals surface area contributed by atoms with E-state index in [1.54, 1.807) is 11.3 Å². The molecular weight excluding hydrogens is 336 g/mol. The van der Waals surface area contributed by atoms with Gasteiger partial charge in [-0.25, -0.2) is 4.98 Å². The molecule has 1 atom stereocenters. The number of hydrogen-bond acceptors (Lipinski definition) is 4. The van der Waals surface area contributed by atoms with Gasteiger partial charge in [0.25, 0.3) is 0 Å². The van der Waals surface area contributed by atoms with Crippen molar-refractivity contribution in [3.8, 4) is 11.3 Å². The van der Waals surface area contributed by atoms with Crippen LogP contribution in [0.5, 0.6) is 0 Å². The predicted octanol–water partition coefficient (Wildman–Crippen LogP) is 3.88. The molecule has 0 radical (unpaired) electrons. The van der Waals surface area contributed by atoms with Crippen LogP contribution in [0.15, 0.2) is 28.7 Å². The minimum absolute atomic E-state index is 0.113. The van der Waals surface area contributed by atoms with Crippen molar-refractivity contribution in [3.63, 3.8) is 0 Å². The van der Waals surface area contributed by atoms with Crippen molar-refractivity contribution in [1.29, 1.82) is 0 Å². The van der Waals surface area contributed by atoms with Gasteiger partial charge in [-0.3, -0.25) is 0 Å². The lowest BCUT2D eigenvalue weighted by Gasteiger charge is -2.28. The second-order valence-electron chi connectivity index (χ2n) is 5.09. The van der Waals surface area contributed by atoms with Crippen molar-refractivity contribution in [3.05, 3.63) is 38.6 Å². The molecule has 1 unspecified atom stereocenters. The standard InChI is InChI=1S/C15H17BrN2OS/c1-10-14(11-3-5-12(16)6-4-11)17-15(20-10)13-9-18(2)7-8-19-13/h3-6,13H,7-9H2,1-2H3. The Balaban J connectivity index is 1.88. The van der Waals surface area contributed by atoms with Gasteiger partial charge in [-0.05, 0) is 26.1 Å². The zero-order valence-electron chi connectivity index (χ0n) is 11.6. The Morgan fingerprint density at radius 3 is 2.80 bits per heavy atom. The molecule has 106 valence electrons. The Morgan fingerprint density at radius 2 is 2.10 bits per heavy atom. The molecule has 0 saturated carbocycles. The fourth-order valence-electron chi connectivity index (χ4n) is 2.36. The predicted molar refractivity (Wildman–Crippen MR) is 86.2 cm³/mol. The summed E-state index contributed by atoms with van der Waals surface area (Å²) in [5, 5.41) is 1.09. The monoisotopic (exact) mass is 352 g/mol. The van der Waals surface area contributed by atoms with Crippen LogP contribution in [0, 0.1) is 6.92 Å². The molecule has 1 fully saturated rings. The summed E-state index contributed by atoms with van der Waals surface area (Å²) in [7, 11) is 2.13. The van der Waals surface area contributed by atoms with Gasteiger partial charge in [0.05, 0.1) is 12.3 Å². The number of halogens is 1. The van der Waals surface area contributed by atoms with E-state index in [0.29, 0.717) is 0 Å². The third-order valence-corrected chi connectivity index (χ3v) is 5.07. The van der Waals surface area contributed by atoms with Gasteiger partial charge in [0, 0.05) is 28.0 Å². The van der Waals surface area contributed by atoms with E-state index < -0.39 is 0 Å². The number of aromatic nitrogens is 1. The molecule has 1 aliphatic rings. The molecule has 0 bridgehead atoms. The lowest BCUT2D eigenvalue weighted by Crippen LogP contribution is -2.35. The molecule has 0 spiro atoms. The number of rotatable bonds is 2. The molecular formula is C15H17BrN2OS. The third kappa shape index (κ3) is 2.96. The maximum atomic E-state index is 5.86. The summed E-state index contributed by atoms with van der Waals surface area (Å²) in [6.07, 6.45) is 0.113. The van der Waals surface area contributed by atoms with E-state index in [1.165, 1.54) is 4.88 Å². The van der Waals surface area contributed by atoms with Crippen LogP contribution in [0.25, 0.3) is 11.3 Å². The van der Waals surface area contributed by atoms with Crippen molar-refractivity contribution in [2.45, 2.75) is 13.0 Å². The van der Waals surface area contributed by atoms with Crippen LogP contribution >= 0.6 is 27.3 Å². The first-order chi connectivity index (χ1) is 9.63. The van der Waals surface area contributed by atoms with Gasteiger partial charge < -0.3 is 9.64 Å². The highest BCUT2D eigenvalue weighted by atomic mass is 79.9. The van der Waals surface area contributed by atoms with Crippen LogP contribution in [0.1, 0.15) is 16.0 Å². The van der Waals surface area contributed by atoms with E-state index in [4.69, 9.17) is 9.72 Å². The van der Waals surface area contributed by atoms with Crippen molar-refractivity contribution in [1.82, 2.24) is 9.88 Å². The molecule has 1 saturated heterocycles. The van der Waals surface area contributed by atoms with Crippen molar-refractivity contribution in [2.24, 2.45) is 0 Å². The van der Waals surface area contributed by atoms with Gasteiger partial charge in [-0.1, -0.05) is 28.1 Å². The molecule has 3 rings (SSSR count). The maximum Gasteiger partial charge on any atom is 0.124 e. The van der Waals surface area contributed by atoms with Crippen molar-refractivity contribution < 1.29 is 4.74 Å². The average molecular weight is 353 g/mol. The molecule has 2 heterocycles. The number of ether oxygens (including phenoxy) is 1. The van der Waals surface area contributed by atoms with Crippen molar-refractivity contribution >= 4 is 27.3 Å². The Labute approximate surface area is 131 Å². The molecule has 0 aliphatic carbocycles. The van der Waals surface area contributed by atoms with E-state index in [0.717, 1.165) is 40.4 Å². The lowest BCUT2D eigenvalue weighted by molar-refractivity contribution is -0.0209. The van der Waals surface area contributed by atoms with E-state index in [9.17, 15) is 0 Å². The molecule has 20 heavy (non-hydrogen) atoms. The van der Waals surface area contributed by atoms with Gasteiger partial charge in [-0.15, -0.1) is 11.3 Å². The quantitative estimate of drug-likeness (QED) is 0.819. The first-order valence-electron chi connectivity index (χ1n) is 6.67. The van der Waals surface area contributed by atoms with Gasteiger partial charge >= 0.3 is 0 Å². The molecule has 5 heteroatoms. The van der Waals surface area contributed by atoms with Crippen LogP contribution in [0.2, 0.25) is 0 Å². The lowest BCUT2D eigenvalue weighted by atomic mass is 10.1. The van der Waals surface area contributed by atoms with Gasteiger partial charge in [0.1, 0.15) is 11.1 Å². The number of thiazole rings is 1. The maximum absolute atomic E-state index is 5.86. The Bertz CT molecular complexity index is 596. The SMILES string of the molecule is Cc1sc(C2CN(C)CCO2)nc1-c1ccc(Br)cc1. The largest absolute Gasteiger partial charge is 0.368 e. The van der Waals surface area contributed by atoms with E-state index >= 15 is 0 Å². The molecule has 1 aromatic carbocycles. The summed E-state index contributed by atoms with van der Waals surface area (Å²) in [6, 6.07) is 8.31. The average Bonchev–Trinajstić information content (AvgIpc) is 2.82. The molecule has 1 aliphatic heterocycles. The van der Waals surface area contributed by atoms with Crippen LogP contribution in [0.3, 0.4) is 0 Å². The summed E-state index contributed by atoms with van der Waals surface area (Å²) in [5.74, 6) is 0. The van der Waals surface area contributed by atoms with Crippen molar-refractivity contribution in [2.75, 3.05) is 26.7 Å². The van der Waals surface area contributed by atoms with Gasteiger partial charge in [0.2, 0.25) is 0 Å². The van der Waals surface area contributed by atoms with Crippen LogP contribution in [0.4, 0.5) is 0 Å². The molecule has 2 aromatic rings. The fourth-order valence-corrected chi connectivity index (χ4v) is 3.61. The molecule has 3 nitrogen and oxygen atoms in total. The first kappa shape index (κ1) is 14.2. The smallest absolute Gasteiger partial charge is 0.124 e. The highest BCUT2D eigenvalue weighted by Gasteiger charge is 2.23. The van der Waals surface area contributed by atoms with E-state index in [-0.39, 0.29) is 6.10 Å². The van der Waals surface area contributed by atoms with E-state index in [1.807, 2.05) is 0 Å². The number of morpholine rings is 1. The first-order valence-corrected chi connectivity index (χ1v) is 8.28. The van der Waals surface area contributed by atoms with Gasteiger partial charge in [-0.2, -0.15) is 0 Å². The second-order valence-corrected chi connectivity index (χ2v) is 7.24. The highest BCUT2D eigenvalue weighted by Crippen LogP contribution is 2.33. The summed E-state index contributed by atoms with van der Waals surface area (Å²) in [5.41, 5.74) is 2.24. The minimum Gasteiger partial charge on any atom is -0.368 e. The van der Waals surface area contributed by atoms with Crippen LogP contribution in [-0.4, -0.2) is 36.6 Å². The Kier molecular flexibility index (Phi) is 4.21. The van der Waals surface area contributed by atoms with Crippen LogP contribution < -0.4 is 0 Å². The van der Waals surface area contributed by atoms with Gasteiger partial charge in [0.15, 0.2) is 0 Å². The fraction of sp³-hybridized carbons (Fsp3) is 0.400. The Morgan fingerprint density at radius 1 is 1.35 bits per heavy atom. The summed E-state index contributed by atoms with van der Waals surface area (Å²) >= 11 is 5.22. The third-order valence-electron chi connectivity index (χ3n) is 3.48. The molecule has 1 aromatic heterocycles. The zero-order chi connectivity index (χ0) is 14.1. The number of likely N-dealkylation sites (N-methyl/N-ethyl adjacent to an activating group) is 1. The number of nitrogens with zero attached hydrogens (tertiary/aromatic N) is 2. The summed E-state index contributed by atoms with van der Waals surface area (Å²) in [6.45, 7) is 4.84. The highest BCUT2D eigenvalue weighted by molar-refractivity contribution is 9.10. The molecule has 0 amide bonds. The second kappa shape index (κ2) is 5.93. The Hall–Kier alpha value is -0.750. The summed E-state index contributed by atoms with van der Waals surface area (Å²) < 4.78 is 6.95. The summed E-state index contributed by atoms with van der Waals surface area (Å²) in [4.78, 5) is 8.36. The number of aryl methyl sites for hydroxylation is 1. The number of hydrogen-bond donors (Lipinski definition) is 0.